The first kappa shape index (κ1) is 29.4. The fourth-order valence-electron chi connectivity index (χ4n) is 4.68. The van der Waals surface area contributed by atoms with Gasteiger partial charge in [0, 0.05) is 22.6 Å². The summed E-state index contributed by atoms with van der Waals surface area (Å²) in [4.78, 5) is 54.5. The molecule has 218 valence electrons. The van der Waals surface area contributed by atoms with E-state index in [1.807, 2.05) is 36.6 Å². The minimum absolute atomic E-state index is 0.0461. The van der Waals surface area contributed by atoms with Gasteiger partial charge in [-0.3, -0.25) is 29.6 Å². The van der Waals surface area contributed by atoms with Gasteiger partial charge in [-0.15, -0.1) is 11.8 Å². The lowest BCUT2D eigenvalue weighted by Gasteiger charge is -2.26. The molecule has 0 bridgehead atoms. The summed E-state index contributed by atoms with van der Waals surface area (Å²) in [6.45, 7) is 1.76. The van der Waals surface area contributed by atoms with Gasteiger partial charge >= 0.3 is 17.3 Å². The van der Waals surface area contributed by atoms with Gasteiger partial charge in [-0.05, 0) is 42.5 Å². The first-order valence-corrected chi connectivity index (χ1v) is 14.8. The highest BCUT2D eigenvalue weighted by Gasteiger charge is 2.35. The lowest BCUT2D eigenvalue weighted by atomic mass is 9.93. The third-order valence-electron chi connectivity index (χ3n) is 6.59. The van der Waals surface area contributed by atoms with E-state index in [0.29, 0.717) is 16.8 Å². The van der Waals surface area contributed by atoms with E-state index in [1.165, 1.54) is 22.4 Å². The van der Waals surface area contributed by atoms with Gasteiger partial charge < -0.3 is 9.84 Å². The number of carbonyl (C=O) groups is 1. The predicted molar refractivity (Wildman–Crippen MR) is 161 cm³/mol. The molecule has 0 aliphatic carbocycles. The van der Waals surface area contributed by atoms with Crippen LogP contribution in [0.15, 0.2) is 87.0 Å². The fourth-order valence-corrected chi connectivity index (χ4v) is 6.09. The lowest BCUT2D eigenvalue weighted by molar-refractivity contribution is -0.396. The number of thiazole rings is 1. The second-order valence-electron chi connectivity index (χ2n) is 9.13. The molecular formula is C29H22N4O8S2. The maximum Gasteiger partial charge on any atom is 0.338 e. The molecule has 12 nitrogen and oxygen atoms in total. The van der Waals surface area contributed by atoms with Crippen LogP contribution in [-0.4, -0.2) is 38.4 Å². The van der Waals surface area contributed by atoms with E-state index < -0.39 is 44.5 Å². The molecule has 1 aliphatic rings. The molecule has 3 aromatic carbocycles. The van der Waals surface area contributed by atoms with Crippen LogP contribution in [0.5, 0.6) is 5.75 Å². The normalized spacial score (nSPS) is 14.7. The Bertz CT molecular complexity index is 1950. The molecule has 2 heterocycles. The van der Waals surface area contributed by atoms with Crippen molar-refractivity contribution in [3.63, 3.8) is 0 Å². The van der Waals surface area contributed by atoms with E-state index in [4.69, 9.17) is 9.73 Å². The van der Waals surface area contributed by atoms with Gasteiger partial charge in [0.15, 0.2) is 4.80 Å². The van der Waals surface area contributed by atoms with Crippen molar-refractivity contribution < 1.29 is 24.5 Å². The van der Waals surface area contributed by atoms with Crippen molar-refractivity contribution in [2.75, 3.05) is 12.9 Å². The molecule has 0 radical (unpaired) electrons. The topological polar surface area (TPSA) is 167 Å². The maximum atomic E-state index is 14.0. The number of fused-ring (bicyclic) bond motifs is 1. The van der Waals surface area contributed by atoms with Crippen molar-refractivity contribution in [2.24, 2.45) is 4.99 Å². The van der Waals surface area contributed by atoms with Gasteiger partial charge in [0.25, 0.3) is 11.3 Å². The van der Waals surface area contributed by atoms with Crippen LogP contribution in [0.3, 0.4) is 0 Å². The largest absolute Gasteiger partial charge is 0.497 e. The molecule has 1 N–H and O–H groups in total. The van der Waals surface area contributed by atoms with Crippen LogP contribution >= 0.6 is 23.1 Å². The van der Waals surface area contributed by atoms with Crippen molar-refractivity contribution in [1.82, 2.24) is 4.57 Å². The average molecular weight is 619 g/mol. The summed E-state index contributed by atoms with van der Waals surface area (Å²) < 4.78 is 6.84. The van der Waals surface area contributed by atoms with E-state index in [-0.39, 0.29) is 27.1 Å². The van der Waals surface area contributed by atoms with E-state index in [1.54, 1.807) is 31.2 Å². The van der Waals surface area contributed by atoms with E-state index in [0.717, 1.165) is 28.4 Å². The van der Waals surface area contributed by atoms with Crippen molar-refractivity contribution >= 4 is 52.2 Å². The Kier molecular flexibility index (Phi) is 8.23. The van der Waals surface area contributed by atoms with Crippen molar-refractivity contribution in [3.8, 4) is 5.75 Å². The summed E-state index contributed by atoms with van der Waals surface area (Å²) >= 11 is 2.49. The number of nitrogens with zero attached hydrogens (tertiary/aromatic N) is 4. The number of aromatic nitrogens is 1. The lowest BCUT2D eigenvalue weighted by Crippen LogP contribution is -2.40. The number of hydrogen-bond acceptors (Lipinski definition) is 11. The average Bonchev–Trinajstić information content (AvgIpc) is 3.31. The number of benzene rings is 3. The molecule has 1 atom stereocenters. The van der Waals surface area contributed by atoms with Crippen LogP contribution in [0.25, 0.3) is 11.8 Å². The maximum absolute atomic E-state index is 14.0. The van der Waals surface area contributed by atoms with Gasteiger partial charge in [0.05, 0.1) is 38.3 Å². The molecule has 0 fully saturated rings. The number of phenols is 1. The number of rotatable bonds is 8. The van der Waals surface area contributed by atoms with Gasteiger partial charge in [0.1, 0.15) is 0 Å². The summed E-state index contributed by atoms with van der Waals surface area (Å²) in [5.74, 6) is -1.74. The highest BCUT2D eigenvalue weighted by Crippen LogP contribution is 2.38. The van der Waals surface area contributed by atoms with Gasteiger partial charge in [-0.2, -0.15) is 0 Å². The van der Waals surface area contributed by atoms with Crippen LogP contribution in [-0.2, 0) is 9.53 Å². The summed E-state index contributed by atoms with van der Waals surface area (Å²) in [6.07, 6.45) is 3.18. The second-order valence-corrected chi connectivity index (χ2v) is 11.0. The minimum Gasteiger partial charge on any atom is -0.497 e. The number of phenolic OH excluding ortho intramolecular Hbond substituents is 1. The standard InChI is InChI=1S/C29H22N4O8S2/c1-3-41-28(36)23-24(17-7-5-4-6-8-17)30-29-31(25(23)18-9-11-19(42-2)12-10-18)27(35)22(43-29)15-16-13-20(32(37)38)26(34)21(14-16)33(39)40/h4-15,25,34H,3H2,1-2H3/b22-15-/t25-/m1/s1. The van der Waals surface area contributed by atoms with Crippen LogP contribution in [0.2, 0.25) is 0 Å². The van der Waals surface area contributed by atoms with Gasteiger partial charge in [-0.25, -0.2) is 9.79 Å². The first-order chi connectivity index (χ1) is 20.6. The third-order valence-corrected chi connectivity index (χ3v) is 8.31. The Balaban J connectivity index is 1.83. The Labute approximate surface area is 251 Å². The summed E-state index contributed by atoms with van der Waals surface area (Å²) in [5.41, 5.74) is -0.662. The number of hydrogen-bond donors (Lipinski definition) is 1. The molecule has 4 aromatic rings. The van der Waals surface area contributed by atoms with E-state index >= 15 is 0 Å². The summed E-state index contributed by atoms with van der Waals surface area (Å²) in [5, 5.41) is 33.0. The molecule has 5 rings (SSSR count). The van der Waals surface area contributed by atoms with Crippen LogP contribution in [0, 0.1) is 20.2 Å². The highest BCUT2D eigenvalue weighted by atomic mass is 32.2. The number of carbonyl (C=O) groups excluding carboxylic acids is 1. The second kappa shape index (κ2) is 12.0. The molecular weight excluding hydrogens is 596 g/mol. The van der Waals surface area contributed by atoms with E-state index in [2.05, 4.69) is 0 Å². The van der Waals surface area contributed by atoms with E-state index in [9.17, 15) is 34.9 Å². The number of thioether (sulfide) groups is 1. The highest BCUT2D eigenvalue weighted by molar-refractivity contribution is 7.98. The molecule has 1 aliphatic heterocycles. The molecule has 0 spiro atoms. The molecule has 43 heavy (non-hydrogen) atoms. The molecule has 0 unspecified atom stereocenters. The van der Waals surface area contributed by atoms with Gasteiger partial charge in [-0.1, -0.05) is 53.8 Å². The number of nitro benzene ring substituents is 2. The number of ether oxygens (including phenoxy) is 1. The zero-order valence-electron chi connectivity index (χ0n) is 22.6. The molecule has 1 aromatic heterocycles. The molecule has 0 amide bonds. The monoisotopic (exact) mass is 618 g/mol. The number of esters is 1. The summed E-state index contributed by atoms with van der Waals surface area (Å²) in [6, 6.07) is 17.3. The molecule has 0 saturated heterocycles. The SMILES string of the molecule is CCOC(=O)C1=C(c2ccccc2)N=c2s/c(=C\c3cc([N+](=O)[O-])c(O)c([N+](=O)[O-])c3)c(=O)n2[C@@H]1c1ccc(SC)cc1. The fraction of sp³-hybridized carbons (Fsp3) is 0.138. The molecule has 14 heteroatoms. The Hall–Kier alpha value is -5.08. The van der Waals surface area contributed by atoms with Crippen molar-refractivity contribution in [1.29, 1.82) is 0 Å². The first-order valence-electron chi connectivity index (χ1n) is 12.7. The van der Waals surface area contributed by atoms with Gasteiger partial charge in [0.2, 0.25) is 0 Å². The minimum atomic E-state index is -1.09. The predicted octanol–water partition coefficient (Wildman–Crippen LogP) is 4.18. The van der Waals surface area contributed by atoms with Crippen LogP contribution in [0.4, 0.5) is 11.4 Å². The quantitative estimate of drug-likeness (QED) is 0.132. The number of aromatic hydroxyl groups is 1. The Morgan fingerprint density at radius 1 is 1.09 bits per heavy atom. The number of nitro groups is 2. The smallest absolute Gasteiger partial charge is 0.338 e. The zero-order valence-corrected chi connectivity index (χ0v) is 24.3. The summed E-state index contributed by atoms with van der Waals surface area (Å²) in [7, 11) is 0. The Morgan fingerprint density at radius 2 is 1.72 bits per heavy atom. The zero-order chi connectivity index (χ0) is 30.8. The van der Waals surface area contributed by atoms with Crippen molar-refractivity contribution in [3.05, 3.63) is 129 Å². The third kappa shape index (κ3) is 5.57. The molecule has 0 saturated carbocycles. The van der Waals surface area contributed by atoms with Crippen LogP contribution in [0.1, 0.15) is 29.7 Å². The Morgan fingerprint density at radius 3 is 2.28 bits per heavy atom. The van der Waals surface area contributed by atoms with Crippen LogP contribution < -0.4 is 14.9 Å². The van der Waals surface area contributed by atoms with Crippen molar-refractivity contribution in [2.45, 2.75) is 17.9 Å².